The summed E-state index contributed by atoms with van der Waals surface area (Å²) in [4.78, 5) is 11.7. The van der Waals surface area contributed by atoms with Crippen molar-refractivity contribution in [2.75, 3.05) is 5.73 Å². The Kier molecular flexibility index (Phi) is 2.71. The highest BCUT2D eigenvalue weighted by Crippen LogP contribution is 2.24. The molecule has 3 N–H and O–H groups in total. The maximum atomic E-state index is 11.7. The van der Waals surface area contributed by atoms with Crippen LogP contribution in [0.4, 0.5) is 11.6 Å². The highest BCUT2D eigenvalue weighted by atomic mass is 31.1. The fourth-order valence-electron chi connectivity index (χ4n) is 1.01. The minimum atomic E-state index is -1.87. The van der Waals surface area contributed by atoms with Crippen LogP contribution in [0.25, 0.3) is 0 Å². The number of nitrogen functional groups attached to an aromatic ring is 1. The number of aromatic amines is 1. The van der Waals surface area contributed by atoms with Crippen LogP contribution in [0.5, 0.6) is 0 Å². The monoisotopic (exact) mass is 221 g/mol. The lowest BCUT2D eigenvalue weighted by Crippen LogP contribution is -2.03. The Morgan fingerprint density at radius 1 is 1.27 bits per heavy atom. The Bertz CT molecular complexity index is 481. The number of nitrogens with two attached hydrogens (primary N) is 1. The smallest absolute Gasteiger partial charge is 0.262 e. The summed E-state index contributed by atoms with van der Waals surface area (Å²) in [6.45, 7) is 0. The second-order valence-corrected chi connectivity index (χ2v) is 4.00. The molecule has 6 nitrogen and oxygen atoms in total. The lowest BCUT2D eigenvalue weighted by atomic mass is 10.4. The van der Waals surface area contributed by atoms with Crippen molar-refractivity contribution in [1.29, 1.82) is 0 Å². The highest BCUT2D eigenvalue weighted by molar-refractivity contribution is 7.48. The molecule has 0 radical (unpaired) electrons. The molecule has 1 unspecified atom stereocenters. The molecule has 0 bridgehead atoms. The van der Waals surface area contributed by atoms with Gasteiger partial charge in [-0.3, -0.25) is 0 Å². The van der Waals surface area contributed by atoms with E-state index in [0.717, 1.165) is 0 Å². The third-order valence-corrected chi connectivity index (χ3v) is 2.83. The zero-order valence-corrected chi connectivity index (χ0v) is 8.56. The maximum absolute atomic E-state index is 11.7. The van der Waals surface area contributed by atoms with Crippen LogP contribution in [0.2, 0.25) is 0 Å². The van der Waals surface area contributed by atoms with E-state index in [0.29, 0.717) is 5.30 Å². The van der Waals surface area contributed by atoms with E-state index in [4.69, 9.17) is 5.73 Å². The van der Waals surface area contributed by atoms with Gasteiger partial charge in [-0.1, -0.05) is 18.2 Å². The molecule has 0 fully saturated rings. The first kappa shape index (κ1) is 9.76. The molecule has 15 heavy (non-hydrogen) atoms. The van der Waals surface area contributed by atoms with Crippen molar-refractivity contribution in [3.63, 3.8) is 0 Å². The highest BCUT2D eigenvalue weighted by Gasteiger charge is 2.09. The van der Waals surface area contributed by atoms with Crippen LogP contribution < -0.4 is 15.9 Å². The number of nitrogens with zero attached hydrogens (tertiary/aromatic N) is 3. The number of hydrogen-bond donors (Lipinski definition) is 2. The van der Waals surface area contributed by atoms with E-state index in [2.05, 4.69) is 20.2 Å². The van der Waals surface area contributed by atoms with Crippen molar-refractivity contribution in [1.82, 2.24) is 15.4 Å². The van der Waals surface area contributed by atoms with E-state index in [1.54, 1.807) is 24.3 Å². The Hall–Kier alpha value is -1.78. The summed E-state index contributed by atoms with van der Waals surface area (Å²) in [5, 5.41) is 10.2. The van der Waals surface area contributed by atoms with E-state index in [9.17, 15) is 4.89 Å². The number of nitrogens with one attached hydrogen (secondary N) is 1. The molecule has 0 saturated carbocycles. The summed E-state index contributed by atoms with van der Waals surface area (Å²) in [5.74, 6) is 0.328. The first-order valence-electron chi connectivity index (χ1n) is 4.17. The predicted molar refractivity (Wildman–Crippen MR) is 55.9 cm³/mol. The minimum absolute atomic E-state index is 0.147. The lowest BCUT2D eigenvalue weighted by molar-refractivity contribution is -0.152. The van der Waals surface area contributed by atoms with Gasteiger partial charge in [0, 0.05) is 0 Å². The fraction of sp³-hybridized carbons (Fsp3) is 0. The van der Waals surface area contributed by atoms with Gasteiger partial charge in [0.05, 0.1) is 0 Å². The van der Waals surface area contributed by atoms with Crippen LogP contribution in [0.15, 0.2) is 35.1 Å². The summed E-state index contributed by atoms with van der Waals surface area (Å²) in [5.41, 5.74) is 5.44. The first-order chi connectivity index (χ1) is 7.27. The van der Waals surface area contributed by atoms with Crippen molar-refractivity contribution in [2.24, 2.45) is 4.74 Å². The van der Waals surface area contributed by atoms with Crippen molar-refractivity contribution >= 4 is 24.9 Å². The molecule has 0 saturated heterocycles. The van der Waals surface area contributed by atoms with Crippen molar-refractivity contribution in [2.45, 2.75) is 0 Å². The average molecular weight is 221 g/mol. The van der Waals surface area contributed by atoms with Gasteiger partial charge >= 0.3 is 0 Å². The SMILES string of the molecule is Nc1n[nH]nc1N=[P+]([O-])c1ccccc1. The molecular weight excluding hydrogens is 213 g/mol. The number of hydrogen-bond acceptors (Lipinski definition) is 5. The lowest BCUT2D eigenvalue weighted by Gasteiger charge is -1.93. The molecule has 1 aromatic heterocycles. The van der Waals surface area contributed by atoms with Crippen LogP contribution in [-0.2, 0) is 0 Å². The summed E-state index contributed by atoms with van der Waals surface area (Å²) >= 11 is 0. The van der Waals surface area contributed by atoms with Gasteiger partial charge < -0.3 is 10.6 Å². The van der Waals surface area contributed by atoms with Gasteiger partial charge in [-0.05, 0) is 16.9 Å². The predicted octanol–water partition coefficient (Wildman–Crippen LogP) is 0.285. The topological polar surface area (TPSA) is 103 Å². The molecular formula is C8H8N5OP. The molecule has 7 heteroatoms. The number of benzene rings is 1. The third kappa shape index (κ3) is 2.18. The second-order valence-electron chi connectivity index (χ2n) is 2.74. The molecule has 0 aliphatic carbocycles. The first-order valence-corrected chi connectivity index (χ1v) is 5.39. The molecule has 2 rings (SSSR count). The van der Waals surface area contributed by atoms with Crippen LogP contribution in [-0.4, -0.2) is 15.4 Å². The van der Waals surface area contributed by atoms with Crippen LogP contribution in [0.3, 0.4) is 0 Å². The molecule has 0 aliphatic heterocycles. The molecule has 1 atom stereocenters. The number of H-pyrrole nitrogens is 1. The van der Waals surface area contributed by atoms with Gasteiger partial charge in [0.25, 0.3) is 5.82 Å². The molecule has 1 aromatic carbocycles. The summed E-state index contributed by atoms with van der Waals surface area (Å²) in [7, 11) is -1.87. The summed E-state index contributed by atoms with van der Waals surface area (Å²) in [6.07, 6.45) is 0. The van der Waals surface area contributed by atoms with E-state index in [1.165, 1.54) is 0 Å². The number of rotatable bonds is 2. The van der Waals surface area contributed by atoms with Gasteiger partial charge in [0.1, 0.15) is 0 Å². The standard InChI is InChI=1S/C8H8N5OP/c9-7-8(11-13-10-7)12-15(14)6-4-2-1-3-5-6/h1-5H,(H3,9,10,11,13). The van der Waals surface area contributed by atoms with E-state index < -0.39 is 7.94 Å². The van der Waals surface area contributed by atoms with Crippen molar-refractivity contribution in [3.8, 4) is 0 Å². The summed E-state index contributed by atoms with van der Waals surface area (Å²) < 4.78 is 3.87. The van der Waals surface area contributed by atoms with E-state index in [-0.39, 0.29) is 11.6 Å². The Morgan fingerprint density at radius 2 is 2.00 bits per heavy atom. The van der Waals surface area contributed by atoms with Crippen molar-refractivity contribution < 1.29 is 4.89 Å². The number of aromatic nitrogens is 3. The number of anilines is 1. The molecule has 0 spiro atoms. The van der Waals surface area contributed by atoms with Crippen LogP contribution >= 0.6 is 7.94 Å². The van der Waals surface area contributed by atoms with Gasteiger partial charge in [-0.2, -0.15) is 5.21 Å². The Morgan fingerprint density at radius 3 is 2.60 bits per heavy atom. The zero-order valence-electron chi connectivity index (χ0n) is 7.66. The van der Waals surface area contributed by atoms with Crippen LogP contribution in [0, 0.1) is 0 Å². The Labute approximate surface area is 86.7 Å². The average Bonchev–Trinajstić information content (AvgIpc) is 2.66. The van der Waals surface area contributed by atoms with Gasteiger partial charge in [0.2, 0.25) is 7.94 Å². The maximum Gasteiger partial charge on any atom is 0.262 e. The third-order valence-electron chi connectivity index (χ3n) is 1.72. The minimum Gasteiger partial charge on any atom is -0.607 e. The van der Waals surface area contributed by atoms with Gasteiger partial charge in [-0.15, -0.1) is 10.2 Å². The van der Waals surface area contributed by atoms with Crippen LogP contribution in [0.1, 0.15) is 0 Å². The normalized spacial score (nSPS) is 11.7. The van der Waals surface area contributed by atoms with Gasteiger partial charge in [-0.25, -0.2) is 0 Å². The van der Waals surface area contributed by atoms with Gasteiger partial charge in [0.15, 0.2) is 11.1 Å². The Balaban J connectivity index is 2.33. The fourth-order valence-corrected chi connectivity index (χ4v) is 1.87. The van der Waals surface area contributed by atoms with Crippen molar-refractivity contribution in [3.05, 3.63) is 30.3 Å². The quantitative estimate of drug-likeness (QED) is 0.711. The molecule has 1 heterocycles. The zero-order chi connectivity index (χ0) is 10.7. The molecule has 0 amide bonds. The molecule has 0 aliphatic rings. The molecule has 2 aromatic rings. The second kappa shape index (κ2) is 4.16. The molecule has 76 valence electrons. The van der Waals surface area contributed by atoms with E-state index >= 15 is 0 Å². The van der Waals surface area contributed by atoms with E-state index in [1.807, 2.05) is 6.07 Å². The largest absolute Gasteiger partial charge is 0.607 e. The summed E-state index contributed by atoms with van der Waals surface area (Å²) in [6, 6.07) is 8.91.